The summed E-state index contributed by atoms with van der Waals surface area (Å²) in [5.74, 6) is -0.759. The molecule has 0 aliphatic heterocycles. The second kappa shape index (κ2) is 5.73. The van der Waals surface area contributed by atoms with Crippen LogP contribution in [0.4, 0.5) is 4.39 Å². The van der Waals surface area contributed by atoms with Gasteiger partial charge in [0.15, 0.2) is 0 Å². The lowest BCUT2D eigenvalue weighted by atomic mass is 10.2. The Balaban J connectivity index is 2.02. The van der Waals surface area contributed by atoms with Gasteiger partial charge in [-0.1, -0.05) is 0 Å². The number of carbonyl (C=O) groups excluding carboxylic acids is 1. The van der Waals surface area contributed by atoms with Crippen LogP contribution in [0.25, 0.3) is 0 Å². The first-order valence-corrected chi connectivity index (χ1v) is 6.08. The van der Waals surface area contributed by atoms with E-state index in [2.05, 4.69) is 26.2 Å². The van der Waals surface area contributed by atoms with Gasteiger partial charge in [0.25, 0.3) is 5.91 Å². The van der Waals surface area contributed by atoms with Gasteiger partial charge in [0, 0.05) is 24.5 Å². The van der Waals surface area contributed by atoms with Crippen molar-refractivity contribution in [3.8, 4) is 0 Å². The molecule has 0 aliphatic rings. The van der Waals surface area contributed by atoms with Crippen molar-refractivity contribution in [2.45, 2.75) is 6.54 Å². The maximum Gasteiger partial charge on any atom is 0.251 e. The average molecular weight is 309 g/mol. The minimum absolute atomic E-state index is 0.296. The molecular weight excluding hydrogens is 299 g/mol. The van der Waals surface area contributed by atoms with E-state index in [1.807, 2.05) is 12.1 Å². The van der Waals surface area contributed by atoms with E-state index in [9.17, 15) is 9.18 Å². The van der Waals surface area contributed by atoms with Crippen LogP contribution in [-0.2, 0) is 6.54 Å². The molecule has 3 nitrogen and oxygen atoms in total. The number of halogens is 2. The van der Waals surface area contributed by atoms with Crippen molar-refractivity contribution >= 4 is 21.8 Å². The van der Waals surface area contributed by atoms with E-state index in [4.69, 9.17) is 0 Å². The number of aromatic nitrogens is 1. The molecule has 1 N–H and O–H groups in total. The van der Waals surface area contributed by atoms with Gasteiger partial charge in [-0.15, -0.1) is 0 Å². The van der Waals surface area contributed by atoms with E-state index in [1.54, 1.807) is 18.5 Å². The summed E-state index contributed by atoms with van der Waals surface area (Å²) < 4.78 is 13.6. The largest absolute Gasteiger partial charge is 0.348 e. The van der Waals surface area contributed by atoms with E-state index >= 15 is 0 Å². The first kappa shape index (κ1) is 12.7. The van der Waals surface area contributed by atoms with Crippen LogP contribution in [0.5, 0.6) is 0 Å². The highest BCUT2D eigenvalue weighted by molar-refractivity contribution is 9.10. The van der Waals surface area contributed by atoms with Gasteiger partial charge in [0.2, 0.25) is 0 Å². The maximum absolute atomic E-state index is 13.3. The third-order valence-electron chi connectivity index (χ3n) is 2.38. The molecule has 0 unspecified atom stereocenters. The molecule has 18 heavy (non-hydrogen) atoms. The molecule has 0 radical (unpaired) electrons. The van der Waals surface area contributed by atoms with Crippen molar-refractivity contribution in [2.75, 3.05) is 0 Å². The summed E-state index contributed by atoms with van der Waals surface area (Å²) in [4.78, 5) is 15.7. The van der Waals surface area contributed by atoms with Crippen molar-refractivity contribution in [3.05, 3.63) is 64.1 Å². The molecule has 2 aromatic rings. The quantitative estimate of drug-likeness (QED) is 0.947. The Bertz CT molecular complexity index is 560. The first-order valence-electron chi connectivity index (χ1n) is 5.29. The summed E-state index contributed by atoms with van der Waals surface area (Å²) in [5, 5.41) is 2.71. The summed E-state index contributed by atoms with van der Waals surface area (Å²) in [6.07, 6.45) is 3.31. The van der Waals surface area contributed by atoms with Crippen LogP contribution in [0.15, 0.2) is 47.2 Å². The Morgan fingerprint density at radius 1 is 1.28 bits per heavy atom. The predicted octanol–water partition coefficient (Wildman–Crippen LogP) is 2.91. The van der Waals surface area contributed by atoms with Gasteiger partial charge in [0.05, 0.1) is 4.47 Å². The minimum Gasteiger partial charge on any atom is -0.348 e. The standard InChI is InChI=1S/C13H10BrFN2O/c14-11-2-1-10(7-12(11)15)13(18)17-8-9-3-5-16-6-4-9/h1-7H,8H2,(H,17,18). The number of nitrogens with one attached hydrogen (secondary N) is 1. The highest BCUT2D eigenvalue weighted by atomic mass is 79.9. The molecule has 0 aliphatic carbocycles. The zero-order chi connectivity index (χ0) is 13.0. The molecule has 2 rings (SSSR count). The van der Waals surface area contributed by atoms with Crippen LogP contribution < -0.4 is 5.32 Å². The van der Waals surface area contributed by atoms with Crippen LogP contribution in [0.3, 0.4) is 0 Å². The normalized spacial score (nSPS) is 10.1. The summed E-state index contributed by atoms with van der Waals surface area (Å²) in [7, 11) is 0. The monoisotopic (exact) mass is 308 g/mol. The van der Waals surface area contributed by atoms with Gasteiger partial charge >= 0.3 is 0 Å². The summed E-state index contributed by atoms with van der Waals surface area (Å²) in [6.45, 7) is 0.388. The number of nitrogens with zero attached hydrogens (tertiary/aromatic N) is 1. The number of pyridine rings is 1. The highest BCUT2D eigenvalue weighted by Crippen LogP contribution is 2.16. The topological polar surface area (TPSA) is 42.0 Å². The Morgan fingerprint density at radius 3 is 2.67 bits per heavy atom. The first-order chi connectivity index (χ1) is 8.66. The number of rotatable bonds is 3. The van der Waals surface area contributed by atoms with E-state index in [0.29, 0.717) is 16.6 Å². The fraction of sp³-hybridized carbons (Fsp3) is 0.0769. The second-order valence-corrected chi connectivity index (χ2v) is 4.52. The van der Waals surface area contributed by atoms with Gasteiger partial charge in [-0.25, -0.2) is 4.39 Å². The molecule has 0 saturated heterocycles. The molecule has 0 atom stereocenters. The fourth-order valence-corrected chi connectivity index (χ4v) is 1.67. The molecule has 0 fully saturated rings. The van der Waals surface area contributed by atoms with Crippen molar-refractivity contribution in [2.24, 2.45) is 0 Å². The van der Waals surface area contributed by atoms with Gasteiger partial charge in [-0.2, -0.15) is 0 Å². The minimum atomic E-state index is -0.452. The average Bonchev–Trinajstić information content (AvgIpc) is 2.40. The van der Waals surface area contributed by atoms with E-state index in [-0.39, 0.29) is 5.91 Å². The van der Waals surface area contributed by atoms with Gasteiger partial charge in [0.1, 0.15) is 5.82 Å². The SMILES string of the molecule is O=C(NCc1ccncc1)c1ccc(Br)c(F)c1. The molecule has 1 amide bonds. The number of hydrogen-bond acceptors (Lipinski definition) is 2. The Hall–Kier alpha value is -1.75. The summed E-state index contributed by atoms with van der Waals surface area (Å²) in [5.41, 5.74) is 1.24. The van der Waals surface area contributed by atoms with Crippen molar-refractivity contribution in [1.82, 2.24) is 10.3 Å². The number of carbonyl (C=O) groups is 1. The predicted molar refractivity (Wildman–Crippen MR) is 69.5 cm³/mol. The third-order valence-corrected chi connectivity index (χ3v) is 3.03. The molecule has 0 bridgehead atoms. The summed E-state index contributed by atoms with van der Waals surface area (Å²) in [6, 6.07) is 7.89. The molecule has 1 aromatic heterocycles. The summed E-state index contributed by atoms with van der Waals surface area (Å²) >= 11 is 3.04. The molecule has 92 valence electrons. The van der Waals surface area contributed by atoms with Crippen LogP contribution in [0, 0.1) is 5.82 Å². The third kappa shape index (κ3) is 3.13. The molecular formula is C13H10BrFN2O. The Kier molecular flexibility index (Phi) is 4.04. The highest BCUT2D eigenvalue weighted by Gasteiger charge is 2.08. The smallest absolute Gasteiger partial charge is 0.251 e. The zero-order valence-electron chi connectivity index (χ0n) is 9.36. The van der Waals surface area contributed by atoms with Crippen molar-refractivity contribution in [1.29, 1.82) is 0 Å². The number of hydrogen-bond donors (Lipinski definition) is 1. The van der Waals surface area contributed by atoms with Crippen LogP contribution in [0.1, 0.15) is 15.9 Å². The lowest BCUT2D eigenvalue weighted by Crippen LogP contribution is -2.22. The lowest BCUT2D eigenvalue weighted by molar-refractivity contribution is 0.0950. The molecule has 0 spiro atoms. The zero-order valence-corrected chi connectivity index (χ0v) is 10.9. The van der Waals surface area contributed by atoms with Gasteiger partial charge in [-0.3, -0.25) is 9.78 Å². The van der Waals surface area contributed by atoms with Gasteiger partial charge in [-0.05, 0) is 51.8 Å². The Morgan fingerprint density at radius 2 is 2.00 bits per heavy atom. The number of amides is 1. The molecule has 5 heteroatoms. The van der Waals surface area contributed by atoms with E-state index in [1.165, 1.54) is 12.1 Å². The number of benzene rings is 1. The van der Waals surface area contributed by atoms with E-state index in [0.717, 1.165) is 5.56 Å². The molecule has 1 heterocycles. The van der Waals surface area contributed by atoms with Gasteiger partial charge < -0.3 is 5.32 Å². The van der Waals surface area contributed by atoms with Crippen molar-refractivity contribution < 1.29 is 9.18 Å². The maximum atomic E-state index is 13.3. The van der Waals surface area contributed by atoms with E-state index < -0.39 is 5.82 Å². The lowest BCUT2D eigenvalue weighted by Gasteiger charge is -2.05. The molecule has 0 saturated carbocycles. The molecule has 1 aromatic carbocycles. The van der Waals surface area contributed by atoms with Crippen LogP contribution in [-0.4, -0.2) is 10.9 Å². The second-order valence-electron chi connectivity index (χ2n) is 3.67. The van der Waals surface area contributed by atoms with Crippen LogP contribution >= 0.6 is 15.9 Å². The van der Waals surface area contributed by atoms with Crippen molar-refractivity contribution in [3.63, 3.8) is 0 Å². The fourth-order valence-electron chi connectivity index (χ4n) is 1.42. The van der Waals surface area contributed by atoms with Crippen LogP contribution in [0.2, 0.25) is 0 Å². The Labute approximate surface area is 112 Å².